The molecule has 0 saturated carbocycles. The van der Waals surface area contributed by atoms with Gasteiger partial charge in [0.2, 0.25) is 0 Å². The van der Waals surface area contributed by atoms with Crippen LogP contribution in [0.1, 0.15) is 32.8 Å². The van der Waals surface area contributed by atoms with Crippen molar-refractivity contribution in [3.05, 3.63) is 70.5 Å². The fraction of sp³-hybridized carbons (Fsp3) is 0.250. The molecular formula is C20H21NO3. The van der Waals surface area contributed by atoms with E-state index in [1.807, 2.05) is 6.07 Å². The van der Waals surface area contributed by atoms with Crippen LogP contribution in [0.5, 0.6) is 0 Å². The van der Waals surface area contributed by atoms with Crippen molar-refractivity contribution < 1.29 is 14.3 Å². The van der Waals surface area contributed by atoms with Crippen LogP contribution in [0.15, 0.2) is 46.9 Å². The molecule has 0 saturated heterocycles. The van der Waals surface area contributed by atoms with Crippen molar-refractivity contribution in [2.24, 2.45) is 0 Å². The molecule has 2 N–H and O–H groups in total. The molecule has 3 aromatic rings. The predicted molar refractivity (Wildman–Crippen MR) is 94.5 cm³/mol. The number of carboxylic acids is 1. The third-order valence-electron chi connectivity index (χ3n) is 4.25. The van der Waals surface area contributed by atoms with Gasteiger partial charge in [-0.1, -0.05) is 12.1 Å². The Morgan fingerprint density at radius 2 is 1.92 bits per heavy atom. The number of nitrogens with one attached hydrogen (secondary N) is 1. The van der Waals surface area contributed by atoms with Gasteiger partial charge >= 0.3 is 5.97 Å². The Morgan fingerprint density at radius 1 is 1.12 bits per heavy atom. The normalized spacial score (nSPS) is 11.1. The van der Waals surface area contributed by atoms with E-state index in [0.29, 0.717) is 12.1 Å². The van der Waals surface area contributed by atoms with E-state index in [9.17, 15) is 4.79 Å². The first kappa shape index (κ1) is 16.3. The molecule has 1 aromatic heterocycles. The van der Waals surface area contributed by atoms with Gasteiger partial charge in [-0.3, -0.25) is 0 Å². The van der Waals surface area contributed by atoms with Gasteiger partial charge in [-0.2, -0.15) is 0 Å². The monoisotopic (exact) mass is 323 g/mol. The minimum absolute atomic E-state index is 0.329. The van der Waals surface area contributed by atoms with E-state index in [4.69, 9.17) is 9.52 Å². The lowest BCUT2D eigenvalue weighted by atomic mass is 10.1. The molecule has 24 heavy (non-hydrogen) atoms. The first-order valence-electron chi connectivity index (χ1n) is 8.05. The van der Waals surface area contributed by atoms with Crippen LogP contribution >= 0.6 is 0 Å². The molecule has 0 fully saturated rings. The highest BCUT2D eigenvalue weighted by atomic mass is 16.4. The zero-order chi connectivity index (χ0) is 17.1. The van der Waals surface area contributed by atoms with E-state index in [1.165, 1.54) is 11.1 Å². The summed E-state index contributed by atoms with van der Waals surface area (Å²) in [6.45, 7) is 5.61. The number of furan rings is 1. The fourth-order valence-corrected chi connectivity index (χ4v) is 2.75. The molecule has 124 valence electrons. The maximum absolute atomic E-state index is 11.0. The Hall–Kier alpha value is -2.59. The second kappa shape index (κ2) is 6.89. The van der Waals surface area contributed by atoms with Crippen molar-refractivity contribution in [1.82, 2.24) is 5.32 Å². The number of fused-ring (bicyclic) bond motifs is 1. The molecule has 2 aromatic carbocycles. The van der Waals surface area contributed by atoms with Gasteiger partial charge in [0.15, 0.2) is 0 Å². The summed E-state index contributed by atoms with van der Waals surface area (Å²) >= 11 is 0. The molecule has 0 atom stereocenters. The molecule has 0 bridgehead atoms. The van der Waals surface area contributed by atoms with Gasteiger partial charge in [-0.15, -0.1) is 0 Å². The number of aromatic carboxylic acids is 1. The summed E-state index contributed by atoms with van der Waals surface area (Å²) in [6.07, 6.45) is 0.777. The topological polar surface area (TPSA) is 62.5 Å². The highest BCUT2D eigenvalue weighted by Crippen LogP contribution is 2.23. The van der Waals surface area contributed by atoms with Crippen molar-refractivity contribution >= 4 is 16.9 Å². The molecule has 0 amide bonds. The van der Waals surface area contributed by atoms with E-state index in [0.717, 1.165) is 35.3 Å². The van der Waals surface area contributed by atoms with Crippen molar-refractivity contribution in [3.63, 3.8) is 0 Å². The Balaban J connectivity index is 1.57. The Labute approximate surface area is 141 Å². The van der Waals surface area contributed by atoms with Crippen molar-refractivity contribution in [1.29, 1.82) is 0 Å². The van der Waals surface area contributed by atoms with E-state index < -0.39 is 5.97 Å². The smallest absolute Gasteiger partial charge is 0.335 e. The first-order valence-corrected chi connectivity index (χ1v) is 8.05. The minimum atomic E-state index is -0.891. The number of rotatable bonds is 6. The van der Waals surface area contributed by atoms with Gasteiger partial charge in [-0.25, -0.2) is 4.79 Å². The van der Waals surface area contributed by atoms with Gasteiger partial charge in [0.1, 0.15) is 11.3 Å². The summed E-state index contributed by atoms with van der Waals surface area (Å²) in [5.74, 6) is 0.0203. The summed E-state index contributed by atoms with van der Waals surface area (Å²) in [7, 11) is 0. The van der Waals surface area contributed by atoms with E-state index in [1.54, 1.807) is 18.2 Å². The van der Waals surface area contributed by atoms with Crippen LogP contribution in [0.4, 0.5) is 0 Å². The van der Waals surface area contributed by atoms with Crippen LogP contribution in [0.3, 0.4) is 0 Å². The van der Waals surface area contributed by atoms with Gasteiger partial charge < -0.3 is 14.8 Å². The number of carbonyl (C=O) groups is 1. The molecule has 0 aliphatic carbocycles. The number of aryl methyl sites for hydroxylation is 2. The molecule has 0 spiro atoms. The quantitative estimate of drug-likeness (QED) is 0.671. The predicted octanol–water partition coefficient (Wildman–Crippen LogP) is 4.08. The fourth-order valence-electron chi connectivity index (χ4n) is 2.75. The average molecular weight is 323 g/mol. The summed E-state index contributed by atoms with van der Waals surface area (Å²) in [6, 6.07) is 13.3. The molecular weight excluding hydrogens is 302 g/mol. The standard InChI is InChI=1S/C20H21NO3/c1-13-8-17-11-18(24-19(17)9-14(13)2)12-21-7-6-15-4-3-5-16(10-15)20(22)23/h3-5,8-11,21H,6-7,12H2,1-2H3,(H,22,23). The summed E-state index contributed by atoms with van der Waals surface area (Å²) in [5.41, 5.74) is 4.76. The zero-order valence-electron chi connectivity index (χ0n) is 13.9. The second-order valence-electron chi connectivity index (χ2n) is 6.12. The maximum atomic E-state index is 11.0. The lowest BCUT2D eigenvalue weighted by Gasteiger charge is -2.04. The molecule has 1 heterocycles. The zero-order valence-corrected chi connectivity index (χ0v) is 13.9. The van der Waals surface area contributed by atoms with Gasteiger partial charge in [-0.05, 0) is 73.8 Å². The van der Waals surface area contributed by atoms with Crippen LogP contribution in [-0.2, 0) is 13.0 Å². The van der Waals surface area contributed by atoms with Gasteiger partial charge in [0.25, 0.3) is 0 Å². The second-order valence-corrected chi connectivity index (χ2v) is 6.12. The largest absolute Gasteiger partial charge is 0.478 e. The number of hydrogen-bond acceptors (Lipinski definition) is 3. The van der Waals surface area contributed by atoms with E-state index in [-0.39, 0.29) is 0 Å². The molecule has 0 aliphatic rings. The highest BCUT2D eigenvalue weighted by Gasteiger charge is 2.06. The van der Waals surface area contributed by atoms with Crippen molar-refractivity contribution in [2.75, 3.05) is 6.54 Å². The van der Waals surface area contributed by atoms with E-state index in [2.05, 4.69) is 37.4 Å². The van der Waals surface area contributed by atoms with Crippen molar-refractivity contribution in [2.45, 2.75) is 26.8 Å². The van der Waals surface area contributed by atoms with Crippen LogP contribution in [0.2, 0.25) is 0 Å². The lowest BCUT2D eigenvalue weighted by molar-refractivity contribution is 0.0696. The minimum Gasteiger partial charge on any atom is -0.478 e. The molecule has 4 nitrogen and oxygen atoms in total. The van der Waals surface area contributed by atoms with Gasteiger partial charge in [0, 0.05) is 5.39 Å². The van der Waals surface area contributed by atoms with E-state index >= 15 is 0 Å². The molecule has 0 aliphatic heterocycles. The summed E-state index contributed by atoms with van der Waals surface area (Å²) < 4.78 is 5.87. The Morgan fingerprint density at radius 3 is 2.71 bits per heavy atom. The molecule has 3 rings (SSSR count). The maximum Gasteiger partial charge on any atom is 0.335 e. The van der Waals surface area contributed by atoms with Crippen molar-refractivity contribution in [3.8, 4) is 0 Å². The number of carboxylic acid groups (broad SMARTS) is 1. The molecule has 0 unspecified atom stereocenters. The molecule has 4 heteroatoms. The van der Waals surface area contributed by atoms with Crippen LogP contribution in [0.25, 0.3) is 11.0 Å². The Bertz CT molecular complexity index is 841. The van der Waals surface area contributed by atoms with Crippen LogP contribution in [0, 0.1) is 13.8 Å². The average Bonchev–Trinajstić information content (AvgIpc) is 2.94. The SMILES string of the molecule is Cc1cc2cc(CNCCc3cccc(C(=O)O)c3)oc2cc1C. The summed E-state index contributed by atoms with van der Waals surface area (Å²) in [5, 5.41) is 13.5. The highest BCUT2D eigenvalue weighted by molar-refractivity contribution is 5.87. The van der Waals surface area contributed by atoms with Crippen LogP contribution in [-0.4, -0.2) is 17.6 Å². The third-order valence-corrected chi connectivity index (χ3v) is 4.25. The van der Waals surface area contributed by atoms with Crippen LogP contribution < -0.4 is 5.32 Å². The number of hydrogen-bond donors (Lipinski definition) is 2. The molecule has 0 radical (unpaired) electrons. The Kier molecular flexibility index (Phi) is 4.67. The lowest BCUT2D eigenvalue weighted by Crippen LogP contribution is -2.16. The van der Waals surface area contributed by atoms with Gasteiger partial charge in [0.05, 0.1) is 12.1 Å². The summed E-state index contributed by atoms with van der Waals surface area (Å²) in [4.78, 5) is 11.0. The first-order chi connectivity index (χ1) is 11.5. The number of benzene rings is 2. The third kappa shape index (κ3) is 3.66.